The Hall–Kier alpha value is -4.00. The molecular formula is C44H62O7. The number of ether oxygens (including phenoxy) is 5. The Labute approximate surface area is 307 Å². The molecule has 0 saturated carbocycles. The minimum absolute atomic E-state index is 0.338. The van der Waals surface area contributed by atoms with E-state index in [1.165, 1.54) is 83.5 Å². The molecule has 0 amide bonds. The van der Waals surface area contributed by atoms with Gasteiger partial charge in [0.1, 0.15) is 17.2 Å². The molecule has 0 radical (unpaired) electrons. The Morgan fingerprint density at radius 1 is 0.392 bits per heavy atom. The summed E-state index contributed by atoms with van der Waals surface area (Å²) in [5, 5.41) is 0. The summed E-state index contributed by atoms with van der Waals surface area (Å²) in [4.78, 5) is 25.9. The van der Waals surface area contributed by atoms with E-state index >= 15 is 0 Å². The third kappa shape index (κ3) is 17.2. The highest BCUT2D eigenvalue weighted by Gasteiger charge is 2.15. The fourth-order valence-electron chi connectivity index (χ4n) is 5.66. The monoisotopic (exact) mass is 702 g/mol. The van der Waals surface area contributed by atoms with Crippen LogP contribution < -0.4 is 23.7 Å². The maximum absolute atomic E-state index is 13.1. The van der Waals surface area contributed by atoms with Crippen molar-refractivity contribution in [1.29, 1.82) is 0 Å². The molecule has 0 heterocycles. The zero-order chi connectivity index (χ0) is 36.4. The van der Waals surface area contributed by atoms with E-state index in [2.05, 4.69) is 20.8 Å². The van der Waals surface area contributed by atoms with E-state index in [4.69, 9.17) is 23.7 Å². The Balaban J connectivity index is 1.50. The van der Waals surface area contributed by atoms with Crippen LogP contribution in [-0.4, -0.2) is 31.8 Å². The summed E-state index contributed by atoms with van der Waals surface area (Å²) in [5.41, 5.74) is 0.793. The first-order valence-corrected chi connectivity index (χ1v) is 19.7. The van der Waals surface area contributed by atoms with Gasteiger partial charge in [0.25, 0.3) is 0 Å². The molecule has 0 saturated heterocycles. The lowest BCUT2D eigenvalue weighted by Gasteiger charge is -2.14. The van der Waals surface area contributed by atoms with Gasteiger partial charge in [-0.05, 0) is 86.0 Å². The first kappa shape index (κ1) is 41.4. The fraction of sp³-hybridized carbons (Fsp3) is 0.545. The normalized spacial score (nSPS) is 10.9. The van der Waals surface area contributed by atoms with Gasteiger partial charge < -0.3 is 23.7 Å². The topological polar surface area (TPSA) is 80.3 Å². The van der Waals surface area contributed by atoms with Crippen molar-refractivity contribution < 1.29 is 33.3 Å². The second-order valence-electron chi connectivity index (χ2n) is 13.3. The van der Waals surface area contributed by atoms with Crippen molar-refractivity contribution in [1.82, 2.24) is 0 Å². The fourth-order valence-corrected chi connectivity index (χ4v) is 5.66. The molecule has 280 valence electrons. The van der Waals surface area contributed by atoms with Gasteiger partial charge in [-0.25, -0.2) is 9.59 Å². The summed E-state index contributed by atoms with van der Waals surface area (Å²) in [6.45, 7) is 8.50. The zero-order valence-electron chi connectivity index (χ0n) is 31.6. The van der Waals surface area contributed by atoms with Crippen LogP contribution in [0.25, 0.3) is 0 Å². The molecule has 0 aliphatic carbocycles. The molecule has 0 spiro atoms. The number of carbonyl (C=O) groups is 2. The zero-order valence-corrected chi connectivity index (χ0v) is 31.6. The highest BCUT2D eigenvalue weighted by molar-refractivity contribution is 5.92. The smallest absolute Gasteiger partial charge is 0.343 e. The van der Waals surface area contributed by atoms with Crippen LogP contribution in [0.4, 0.5) is 0 Å². The largest absolute Gasteiger partial charge is 0.494 e. The number of rotatable bonds is 28. The highest BCUT2D eigenvalue weighted by Crippen LogP contribution is 2.30. The number of hydrogen-bond donors (Lipinski definition) is 0. The molecule has 0 N–H and O–H groups in total. The van der Waals surface area contributed by atoms with E-state index in [0.29, 0.717) is 53.9 Å². The van der Waals surface area contributed by atoms with Crippen molar-refractivity contribution in [2.45, 2.75) is 136 Å². The quantitative estimate of drug-likeness (QED) is 0.0423. The molecule has 0 aliphatic rings. The van der Waals surface area contributed by atoms with Gasteiger partial charge in [0.2, 0.25) is 0 Å². The average molecular weight is 703 g/mol. The number of esters is 2. The van der Waals surface area contributed by atoms with Crippen LogP contribution in [0.2, 0.25) is 0 Å². The van der Waals surface area contributed by atoms with Crippen LogP contribution in [0.1, 0.15) is 157 Å². The van der Waals surface area contributed by atoms with E-state index in [9.17, 15) is 9.59 Å². The van der Waals surface area contributed by atoms with Crippen molar-refractivity contribution in [3.8, 4) is 28.7 Å². The minimum Gasteiger partial charge on any atom is -0.494 e. The van der Waals surface area contributed by atoms with E-state index < -0.39 is 11.9 Å². The van der Waals surface area contributed by atoms with E-state index in [1.54, 1.807) is 66.7 Å². The van der Waals surface area contributed by atoms with Gasteiger partial charge in [-0.3, -0.25) is 0 Å². The van der Waals surface area contributed by atoms with E-state index in [0.717, 1.165) is 37.9 Å². The molecule has 0 aliphatic heterocycles. The van der Waals surface area contributed by atoms with Gasteiger partial charge in [0, 0.05) is 0 Å². The van der Waals surface area contributed by atoms with Crippen molar-refractivity contribution in [2.24, 2.45) is 0 Å². The van der Waals surface area contributed by atoms with Crippen LogP contribution in [0, 0.1) is 0 Å². The maximum Gasteiger partial charge on any atom is 0.343 e. The summed E-state index contributed by atoms with van der Waals surface area (Å²) >= 11 is 0. The predicted octanol–water partition coefficient (Wildman–Crippen LogP) is 12.3. The Morgan fingerprint density at radius 2 is 0.765 bits per heavy atom. The molecule has 3 aromatic carbocycles. The van der Waals surface area contributed by atoms with Crippen molar-refractivity contribution in [3.63, 3.8) is 0 Å². The second-order valence-corrected chi connectivity index (χ2v) is 13.3. The third-order valence-electron chi connectivity index (χ3n) is 8.79. The molecule has 7 nitrogen and oxygen atoms in total. The molecule has 0 atom stereocenters. The highest BCUT2D eigenvalue weighted by atomic mass is 16.5. The number of benzene rings is 3. The van der Waals surface area contributed by atoms with Gasteiger partial charge in [-0.15, -0.1) is 0 Å². The third-order valence-corrected chi connectivity index (χ3v) is 8.79. The number of carbonyl (C=O) groups excluding carboxylic acids is 2. The minimum atomic E-state index is -0.509. The van der Waals surface area contributed by atoms with E-state index in [1.807, 2.05) is 0 Å². The molecular weight excluding hydrogens is 640 g/mol. The van der Waals surface area contributed by atoms with Crippen LogP contribution >= 0.6 is 0 Å². The van der Waals surface area contributed by atoms with Crippen LogP contribution in [0.3, 0.4) is 0 Å². The first-order valence-electron chi connectivity index (χ1n) is 19.7. The summed E-state index contributed by atoms with van der Waals surface area (Å²) in [7, 11) is 0. The van der Waals surface area contributed by atoms with E-state index in [-0.39, 0.29) is 0 Å². The average Bonchev–Trinajstić information content (AvgIpc) is 3.15. The van der Waals surface area contributed by atoms with Gasteiger partial charge in [-0.2, -0.15) is 0 Å². The lowest BCUT2D eigenvalue weighted by atomic mass is 10.1. The lowest BCUT2D eigenvalue weighted by molar-refractivity contribution is 0.0719. The molecule has 0 fully saturated rings. The molecule has 0 aromatic heterocycles. The van der Waals surface area contributed by atoms with Gasteiger partial charge in [-0.1, -0.05) is 117 Å². The molecule has 7 heteroatoms. The molecule has 3 aromatic rings. The van der Waals surface area contributed by atoms with Crippen molar-refractivity contribution >= 4 is 11.9 Å². The lowest BCUT2D eigenvalue weighted by Crippen LogP contribution is -2.10. The SMILES string of the molecule is CCCCCCCCOc1ccc(C(=O)Oc2ccc(OC(=O)c3ccc(OCCCCCCCC)c(OCCCCCCCC)c3)cc2)cc1. The van der Waals surface area contributed by atoms with Gasteiger partial charge in [0.05, 0.1) is 30.9 Å². The Bertz CT molecular complexity index is 1370. The molecule has 3 rings (SSSR count). The first-order chi connectivity index (χ1) is 25.0. The summed E-state index contributed by atoms with van der Waals surface area (Å²) in [5.74, 6) is 1.64. The Kier molecular flexibility index (Phi) is 21.0. The summed E-state index contributed by atoms with van der Waals surface area (Å²) < 4.78 is 29.3. The molecule has 0 bridgehead atoms. The van der Waals surface area contributed by atoms with Crippen LogP contribution in [0.5, 0.6) is 28.7 Å². The summed E-state index contributed by atoms with van der Waals surface area (Å²) in [6, 6.07) is 18.6. The van der Waals surface area contributed by atoms with Gasteiger partial charge in [0.15, 0.2) is 11.5 Å². The van der Waals surface area contributed by atoms with Crippen molar-refractivity contribution in [2.75, 3.05) is 19.8 Å². The number of hydrogen-bond acceptors (Lipinski definition) is 7. The summed E-state index contributed by atoms with van der Waals surface area (Å²) in [6.07, 6.45) is 21.3. The van der Waals surface area contributed by atoms with Crippen LogP contribution in [-0.2, 0) is 0 Å². The van der Waals surface area contributed by atoms with Crippen molar-refractivity contribution in [3.05, 3.63) is 77.9 Å². The second kappa shape index (κ2) is 25.9. The Morgan fingerprint density at radius 3 is 1.25 bits per heavy atom. The number of unbranched alkanes of at least 4 members (excludes halogenated alkanes) is 15. The van der Waals surface area contributed by atoms with Crippen LogP contribution in [0.15, 0.2) is 66.7 Å². The maximum atomic E-state index is 13.1. The molecule has 0 unspecified atom stereocenters. The standard InChI is InChI=1S/C44H62O7/c1-4-7-10-13-16-19-32-47-38-25-22-36(23-26-38)43(45)50-39-27-29-40(30-28-39)51-44(46)37-24-31-41(48-33-20-17-14-11-8-5-2)42(35-37)49-34-21-18-15-12-9-6-3/h22-31,35H,4-21,32-34H2,1-3H3. The molecule has 51 heavy (non-hydrogen) atoms. The predicted molar refractivity (Wildman–Crippen MR) is 206 cm³/mol. The van der Waals surface area contributed by atoms with Gasteiger partial charge >= 0.3 is 11.9 Å².